The fourth-order valence-corrected chi connectivity index (χ4v) is 3.36. The lowest BCUT2D eigenvalue weighted by atomic mass is 10.1. The molecule has 1 heterocycles. The van der Waals surface area contributed by atoms with Gasteiger partial charge in [0.05, 0.1) is 11.6 Å². The summed E-state index contributed by atoms with van der Waals surface area (Å²) in [6.45, 7) is 10.1. The second kappa shape index (κ2) is 7.91. The number of hydrogen-bond acceptors (Lipinski definition) is 4. The molecule has 140 valence electrons. The van der Waals surface area contributed by atoms with E-state index >= 15 is 0 Å². The second-order valence-electron chi connectivity index (χ2n) is 7.30. The van der Waals surface area contributed by atoms with E-state index in [2.05, 4.69) is 20.8 Å². The van der Waals surface area contributed by atoms with Crippen molar-refractivity contribution in [1.82, 2.24) is 9.80 Å². The fraction of sp³-hybridized carbons (Fsp3) is 0.611. The lowest BCUT2D eigenvalue weighted by Crippen LogP contribution is -2.54. The van der Waals surface area contributed by atoms with Gasteiger partial charge >= 0.3 is 6.09 Å². The Labute approximate surface area is 157 Å². The standard InChI is InChI=1S/C18H26BrFN2O3/c1-12-10-21(8-9-22(12)17(23)25-18(2,3)4)11-13-15(24-5)7-6-14(20)16(13)19/h6-7,12H,8-11H2,1-5H3/t12-/m1/s1. The quantitative estimate of drug-likeness (QED) is 0.745. The molecule has 1 atom stereocenters. The van der Waals surface area contributed by atoms with Crippen LogP contribution in [0.25, 0.3) is 0 Å². The topological polar surface area (TPSA) is 42.0 Å². The van der Waals surface area contributed by atoms with Crippen LogP contribution in [0.3, 0.4) is 0 Å². The molecule has 2 rings (SSSR count). The van der Waals surface area contributed by atoms with Gasteiger partial charge in [0.15, 0.2) is 0 Å². The zero-order chi connectivity index (χ0) is 18.8. The molecule has 1 aliphatic rings. The van der Waals surface area contributed by atoms with E-state index in [9.17, 15) is 9.18 Å². The van der Waals surface area contributed by atoms with Crippen LogP contribution in [0, 0.1) is 5.82 Å². The number of ether oxygens (including phenoxy) is 2. The van der Waals surface area contributed by atoms with Crippen LogP contribution in [-0.4, -0.2) is 54.3 Å². The minimum atomic E-state index is -0.506. The SMILES string of the molecule is COc1ccc(F)c(Br)c1CN1CCN(C(=O)OC(C)(C)C)[C@H](C)C1. The normalized spacial score (nSPS) is 19.0. The first-order chi connectivity index (χ1) is 11.6. The first-order valence-corrected chi connectivity index (χ1v) is 9.14. The molecule has 1 aromatic rings. The highest BCUT2D eigenvalue weighted by atomic mass is 79.9. The van der Waals surface area contributed by atoms with Crippen LogP contribution in [0.5, 0.6) is 5.75 Å². The number of carbonyl (C=O) groups excluding carboxylic acids is 1. The molecule has 0 bridgehead atoms. The Balaban J connectivity index is 2.05. The van der Waals surface area contributed by atoms with Gasteiger partial charge in [-0.25, -0.2) is 9.18 Å². The van der Waals surface area contributed by atoms with E-state index in [4.69, 9.17) is 9.47 Å². The van der Waals surface area contributed by atoms with E-state index in [1.807, 2.05) is 27.7 Å². The molecule has 1 saturated heterocycles. The van der Waals surface area contributed by atoms with Crippen LogP contribution in [0.4, 0.5) is 9.18 Å². The predicted octanol–water partition coefficient (Wildman–Crippen LogP) is 4.04. The van der Waals surface area contributed by atoms with Crippen molar-refractivity contribution < 1.29 is 18.7 Å². The minimum Gasteiger partial charge on any atom is -0.496 e. The monoisotopic (exact) mass is 416 g/mol. The molecule has 0 spiro atoms. The number of amides is 1. The van der Waals surface area contributed by atoms with Gasteiger partial charge in [0, 0.05) is 37.8 Å². The van der Waals surface area contributed by atoms with E-state index in [0.29, 0.717) is 36.4 Å². The third kappa shape index (κ3) is 5.07. The van der Waals surface area contributed by atoms with E-state index in [1.54, 1.807) is 18.1 Å². The van der Waals surface area contributed by atoms with Crippen LogP contribution in [0.1, 0.15) is 33.3 Å². The average molecular weight is 417 g/mol. The summed E-state index contributed by atoms with van der Waals surface area (Å²) in [5.74, 6) is 0.340. The van der Waals surface area contributed by atoms with E-state index in [-0.39, 0.29) is 18.0 Å². The van der Waals surface area contributed by atoms with Crippen LogP contribution in [0.2, 0.25) is 0 Å². The molecule has 1 amide bonds. The van der Waals surface area contributed by atoms with Crippen LogP contribution >= 0.6 is 15.9 Å². The molecule has 1 fully saturated rings. The van der Waals surface area contributed by atoms with Crippen molar-refractivity contribution in [1.29, 1.82) is 0 Å². The maximum Gasteiger partial charge on any atom is 0.410 e. The summed E-state index contributed by atoms with van der Waals surface area (Å²) in [6.07, 6.45) is -0.288. The third-order valence-corrected chi connectivity index (χ3v) is 4.95. The first-order valence-electron chi connectivity index (χ1n) is 8.35. The van der Waals surface area contributed by atoms with Crippen molar-refractivity contribution in [2.45, 2.75) is 45.9 Å². The average Bonchev–Trinajstić information content (AvgIpc) is 2.50. The Hall–Kier alpha value is -1.34. The molecule has 0 aromatic heterocycles. The first kappa shape index (κ1) is 20.0. The molecular formula is C18H26BrFN2O3. The summed E-state index contributed by atoms with van der Waals surface area (Å²) < 4.78 is 25.1. The zero-order valence-electron chi connectivity index (χ0n) is 15.4. The van der Waals surface area contributed by atoms with Crippen molar-refractivity contribution in [2.24, 2.45) is 0 Å². The van der Waals surface area contributed by atoms with Gasteiger partial charge in [0.25, 0.3) is 0 Å². The van der Waals surface area contributed by atoms with Gasteiger partial charge in [-0.05, 0) is 55.8 Å². The van der Waals surface area contributed by atoms with Gasteiger partial charge in [-0.15, -0.1) is 0 Å². The number of rotatable bonds is 3. The third-order valence-electron chi connectivity index (χ3n) is 4.09. The van der Waals surface area contributed by atoms with Gasteiger partial charge in [-0.1, -0.05) is 0 Å². The molecule has 0 radical (unpaired) electrons. The lowest BCUT2D eigenvalue weighted by molar-refractivity contribution is 0.000454. The predicted molar refractivity (Wildman–Crippen MR) is 98.3 cm³/mol. The molecular weight excluding hydrogens is 391 g/mol. The fourth-order valence-electron chi connectivity index (χ4n) is 2.91. The van der Waals surface area contributed by atoms with Gasteiger partial charge in [-0.3, -0.25) is 4.90 Å². The Morgan fingerprint density at radius 3 is 2.60 bits per heavy atom. The van der Waals surface area contributed by atoms with Crippen molar-refractivity contribution in [2.75, 3.05) is 26.7 Å². The highest BCUT2D eigenvalue weighted by molar-refractivity contribution is 9.10. The minimum absolute atomic E-state index is 0.0157. The lowest BCUT2D eigenvalue weighted by Gasteiger charge is -2.40. The van der Waals surface area contributed by atoms with E-state index in [1.165, 1.54) is 6.07 Å². The summed E-state index contributed by atoms with van der Waals surface area (Å²) in [7, 11) is 1.58. The van der Waals surface area contributed by atoms with E-state index in [0.717, 1.165) is 5.56 Å². The second-order valence-corrected chi connectivity index (χ2v) is 8.09. The van der Waals surface area contributed by atoms with E-state index < -0.39 is 5.60 Å². The van der Waals surface area contributed by atoms with Crippen LogP contribution < -0.4 is 4.74 Å². The number of methoxy groups -OCH3 is 1. The summed E-state index contributed by atoms with van der Waals surface area (Å²) >= 11 is 3.32. The molecule has 0 aliphatic carbocycles. The largest absolute Gasteiger partial charge is 0.496 e. The molecule has 0 unspecified atom stereocenters. The van der Waals surface area contributed by atoms with Crippen molar-refractivity contribution in [3.05, 3.63) is 28.0 Å². The Kier molecular flexibility index (Phi) is 6.32. The van der Waals surface area contributed by atoms with Gasteiger partial charge in [0.2, 0.25) is 0 Å². The van der Waals surface area contributed by atoms with Crippen molar-refractivity contribution in [3.8, 4) is 5.75 Å². The highest BCUT2D eigenvalue weighted by Crippen LogP contribution is 2.31. The molecule has 5 nitrogen and oxygen atoms in total. The van der Waals surface area contributed by atoms with Crippen LogP contribution in [0.15, 0.2) is 16.6 Å². The summed E-state index contributed by atoms with van der Waals surface area (Å²) in [4.78, 5) is 16.2. The number of benzene rings is 1. The van der Waals surface area contributed by atoms with Crippen molar-refractivity contribution in [3.63, 3.8) is 0 Å². The highest BCUT2D eigenvalue weighted by Gasteiger charge is 2.31. The number of carbonyl (C=O) groups is 1. The van der Waals surface area contributed by atoms with Gasteiger partial charge in [-0.2, -0.15) is 0 Å². The smallest absolute Gasteiger partial charge is 0.410 e. The van der Waals surface area contributed by atoms with Crippen molar-refractivity contribution >= 4 is 22.0 Å². The summed E-state index contributed by atoms with van der Waals surface area (Å²) in [5.41, 5.74) is 0.272. The zero-order valence-corrected chi connectivity index (χ0v) is 17.0. The number of nitrogens with zero attached hydrogens (tertiary/aromatic N) is 2. The van der Waals surface area contributed by atoms with Crippen LogP contribution in [-0.2, 0) is 11.3 Å². The Morgan fingerprint density at radius 1 is 1.36 bits per heavy atom. The Morgan fingerprint density at radius 2 is 2.04 bits per heavy atom. The summed E-state index contributed by atoms with van der Waals surface area (Å²) in [5, 5.41) is 0. The van der Waals surface area contributed by atoms with Gasteiger partial charge < -0.3 is 14.4 Å². The van der Waals surface area contributed by atoms with Gasteiger partial charge in [0.1, 0.15) is 17.2 Å². The summed E-state index contributed by atoms with van der Waals surface area (Å²) in [6, 6.07) is 3.03. The number of piperazine rings is 1. The molecule has 0 N–H and O–H groups in total. The number of hydrogen-bond donors (Lipinski definition) is 0. The molecule has 1 aliphatic heterocycles. The number of halogens is 2. The molecule has 1 aromatic carbocycles. The molecule has 25 heavy (non-hydrogen) atoms. The molecule has 7 heteroatoms. The Bertz CT molecular complexity index is 633. The maximum atomic E-state index is 13.9. The maximum absolute atomic E-state index is 13.9. The molecule has 0 saturated carbocycles.